The van der Waals surface area contributed by atoms with Crippen LogP contribution >= 0.6 is 0 Å². The second-order valence-corrected chi connectivity index (χ2v) is 2.70. The number of rotatable bonds is 0. The summed E-state index contributed by atoms with van der Waals surface area (Å²) in [6, 6.07) is 0. The molecule has 1 heterocycles. The molecule has 1 aliphatic rings. The van der Waals surface area contributed by atoms with Gasteiger partial charge in [-0.3, -0.25) is 4.79 Å². The zero-order chi connectivity index (χ0) is 12.3. The summed E-state index contributed by atoms with van der Waals surface area (Å²) < 4.78 is 47.9. The van der Waals surface area contributed by atoms with Crippen LogP contribution in [0.4, 0.5) is 0 Å². The van der Waals surface area contributed by atoms with E-state index in [1.54, 1.807) is 0 Å². The van der Waals surface area contributed by atoms with Gasteiger partial charge in [-0.1, -0.05) is 0 Å². The van der Waals surface area contributed by atoms with Gasteiger partial charge in [-0.25, -0.2) is 0 Å². The van der Waals surface area contributed by atoms with Crippen LogP contribution in [0, 0.1) is 5.41 Å². The molecule has 0 unspecified atom stereocenters. The Kier molecular flexibility index (Phi) is 0.328. The molecule has 0 radical (unpaired) electrons. The Morgan fingerprint density at radius 1 is 1.56 bits per heavy atom. The molecule has 1 saturated heterocycles. The molecule has 0 spiro atoms. The lowest BCUT2D eigenvalue weighted by molar-refractivity contribution is -0.225. The van der Waals surface area contributed by atoms with Gasteiger partial charge in [0.05, 0.1) is 0 Å². The van der Waals surface area contributed by atoms with Crippen molar-refractivity contribution >= 4 is 5.97 Å². The average molecular weight is 134 g/mol. The molecule has 0 aromatic rings. The van der Waals surface area contributed by atoms with Crippen LogP contribution in [0.5, 0.6) is 0 Å². The number of cyclic esters (lactones) is 1. The minimum atomic E-state index is -2.87. The molecule has 0 atom stereocenters. The topological polar surface area (TPSA) is 26.3 Å². The van der Waals surface area contributed by atoms with E-state index in [4.69, 9.17) is 8.22 Å². The molecule has 0 amide bonds. The summed E-state index contributed by atoms with van der Waals surface area (Å²) in [6.07, 6.45) is 0. The standard InChI is InChI=1S/C7H12O2/c1-6(2)5(8)9-7(6,3)4/h1-4H3/i3D3,4D3. The van der Waals surface area contributed by atoms with E-state index in [0.717, 1.165) is 0 Å². The Balaban J connectivity index is 3.32. The van der Waals surface area contributed by atoms with Crippen molar-refractivity contribution in [1.82, 2.24) is 0 Å². The lowest BCUT2D eigenvalue weighted by Gasteiger charge is -2.48. The number of ether oxygens (including phenoxy) is 1. The SMILES string of the molecule is [2H]C([2H])([2H])C1(C([2H])([2H])[2H])OC(=O)C1(C)C. The molecule has 9 heavy (non-hydrogen) atoms. The highest BCUT2D eigenvalue weighted by Crippen LogP contribution is 2.44. The second kappa shape index (κ2) is 1.31. The minimum Gasteiger partial charge on any atom is -0.458 e. The van der Waals surface area contributed by atoms with Crippen molar-refractivity contribution < 1.29 is 17.8 Å². The zero-order valence-corrected chi connectivity index (χ0v) is 5.32. The van der Waals surface area contributed by atoms with Crippen molar-refractivity contribution in [2.75, 3.05) is 0 Å². The van der Waals surface area contributed by atoms with Crippen molar-refractivity contribution in [3.05, 3.63) is 0 Å². The van der Waals surface area contributed by atoms with E-state index < -0.39 is 30.7 Å². The average Bonchev–Trinajstić information content (AvgIpc) is 1.94. The Hall–Kier alpha value is -0.530. The monoisotopic (exact) mass is 134 g/mol. The van der Waals surface area contributed by atoms with Gasteiger partial charge in [0.25, 0.3) is 0 Å². The van der Waals surface area contributed by atoms with Crippen LogP contribution < -0.4 is 0 Å². The number of esters is 1. The van der Waals surface area contributed by atoms with Crippen LogP contribution in [0.15, 0.2) is 0 Å². The Bertz CT molecular complexity index is 286. The summed E-state index contributed by atoms with van der Waals surface area (Å²) in [5.74, 6) is -0.797. The predicted octanol–water partition coefficient (Wildman–Crippen LogP) is 1.35. The van der Waals surface area contributed by atoms with Gasteiger partial charge in [-0.15, -0.1) is 0 Å². The van der Waals surface area contributed by atoms with Gasteiger partial charge in [0.1, 0.15) is 11.0 Å². The van der Waals surface area contributed by atoms with E-state index in [2.05, 4.69) is 4.74 Å². The number of hydrogen-bond donors (Lipinski definition) is 0. The number of carbonyl (C=O) groups excluding carboxylic acids is 1. The zero-order valence-electron chi connectivity index (χ0n) is 11.3. The highest BCUT2D eigenvalue weighted by molar-refractivity contribution is 5.83. The third-order valence-corrected chi connectivity index (χ3v) is 1.64. The number of hydrogen-bond acceptors (Lipinski definition) is 2. The van der Waals surface area contributed by atoms with Crippen LogP contribution in [0.2, 0.25) is 0 Å². The first-order chi connectivity index (χ1) is 6.38. The van der Waals surface area contributed by atoms with Crippen LogP contribution in [0.1, 0.15) is 35.8 Å². The van der Waals surface area contributed by atoms with Crippen LogP contribution in [-0.2, 0) is 9.53 Å². The molecule has 2 nitrogen and oxygen atoms in total. The molecule has 1 fully saturated rings. The normalized spacial score (nSPS) is 41.3. The van der Waals surface area contributed by atoms with Crippen molar-refractivity contribution in [1.29, 1.82) is 0 Å². The number of carbonyl (C=O) groups is 1. The third-order valence-electron chi connectivity index (χ3n) is 1.64. The molecular formula is C7H12O2. The summed E-state index contributed by atoms with van der Waals surface area (Å²) in [5, 5.41) is 0. The molecule has 52 valence electrons. The molecule has 1 aliphatic heterocycles. The molecule has 2 heteroatoms. The molecular weight excluding hydrogens is 116 g/mol. The fourth-order valence-corrected chi connectivity index (χ4v) is 0.492. The molecule has 0 N–H and O–H groups in total. The van der Waals surface area contributed by atoms with Gasteiger partial charge in [0.15, 0.2) is 0 Å². The van der Waals surface area contributed by atoms with Crippen LogP contribution in [-0.4, -0.2) is 11.6 Å². The largest absolute Gasteiger partial charge is 0.458 e. The Morgan fingerprint density at radius 3 is 2.22 bits per heavy atom. The van der Waals surface area contributed by atoms with E-state index >= 15 is 0 Å². The lowest BCUT2D eigenvalue weighted by Crippen LogP contribution is -2.60. The first-order valence-corrected chi connectivity index (χ1v) is 2.61. The minimum absolute atomic E-state index is 0.797. The van der Waals surface area contributed by atoms with Crippen molar-refractivity contribution in [2.45, 2.75) is 33.2 Å². The molecule has 0 aliphatic carbocycles. The van der Waals surface area contributed by atoms with Gasteiger partial charge < -0.3 is 4.74 Å². The smallest absolute Gasteiger partial charge is 0.316 e. The second-order valence-electron chi connectivity index (χ2n) is 2.70. The first kappa shape index (κ1) is 2.26. The molecule has 0 aromatic heterocycles. The van der Waals surface area contributed by atoms with Gasteiger partial charge in [-0.05, 0) is 27.6 Å². The van der Waals surface area contributed by atoms with Crippen molar-refractivity contribution in [3.8, 4) is 0 Å². The van der Waals surface area contributed by atoms with Gasteiger partial charge in [-0.2, -0.15) is 0 Å². The summed E-state index contributed by atoms with van der Waals surface area (Å²) in [5.41, 5.74) is -3.91. The summed E-state index contributed by atoms with van der Waals surface area (Å²) in [4.78, 5) is 11.1. The van der Waals surface area contributed by atoms with E-state index in [1.165, 1.54) is 13.8 Å². The van der Waals surface area contributed by atoms with Gasteiger partial charge in [0, 0.05) is 8.22 Å². The summed E-state index contributed by atoms with van der Waals surface area (Å²) in [7, 11) is 0. The maximum absolute atomic E-state index is 11.1. The third kappa shape index (κ3) is 0.590. The Labute approximate surface area is 63.6 Å². The Morgan fingerprint density at radius 2 is 2.11 bits per heavy atom. The molecule has 0 aromatic carbocycles. The van der Waals surface area contributed by atoms with Crippen molar-refractivity contribution in [2.24, 2.45) is 5.41 Å². The maximum Gasteiger partial charge on any atom is 0.316 e. The van der Waals surface area contributed by atoms with Crippen LogP contribution in [0.25, 0.3) is 0 Å². The quantitative estimate of drug-likeness (QED) is 0.467. The lowest BCUT2D eigenvalue weighted by atomic mass is 9.72. The molecule has 0 bridgehead atoms. The fourth-order valence-electron chi connectivity index (χ4n) is 0.492. The predicted molar refractivity (Wildman–Crippen MR) is 34.0 cm³/mol. The molecule has 0 saturated carbocycles. The van der Waals surface area contributed by atoms with Crippen LogP contribution in [0.3, 0.4) is 0 Å². The maximum atomic E-state index is 11.1. The highest BCUT2D eigenvalue weighted by Gasteiger charge is 2.56. The molecule has 1 rings (SSSR count). The van der Waals surface area contributed by atoms with E-state index in [-0.39, 0.29) is 0 Å². The van der Waals surface area contributed by atoms with Crippen molar-refractivity contribution in [3.63, 3.8) is 0 Å². The summed E-state index contributed by atoms with van der Waals surface area (Å²) >= 11 is 0. The van der Waals surface area contributed by atoms with Gasteiger partial charge >= 0.3 is 5.97 Å². The summed E-state index contributed by atoms with van der Waals surface area (Å²) in [6.45, 7) is -3.18. The van der Waals surface area contributed by atoms with E-state index in [1.807, 2.05) is 0 Å². The van der Waals surface area contributed by atoms with E-state index in [0.29, 0.717) is 0 Å². The van der Waals surface area contributed by atoms with E-state index in [9.17, 15) is 4.79 Å². The fraction of sp³-hybridized carbons (Fsp3) is 0.857. The highest BCUT2D eigenvalue weighted by atomic mass is 16.6. The van der Waals surface area contributed by atoms with Gasteiger partial charge in [0.2, 0.25) is 0 Å². The first-order valence-electron chi connectivity index (χ1n) is 5.61.